The first kappa shape index (κ1) is 16.8. The van der Waals surface area contributed by atoms with Gasteiger partial charge in [-0.1, -0.05) is 27.7 Å². The van der Waals surface area contributed by atoms with Crippen molar-refractivity contribution in [3.8, 4) is 0 Å². The Labute approximate surface area is 122 Å². The van der Waals surface area contributed by atoms with Crippen LogP contribution in [0.1, 0.15) is 27.7 Å². The number of likely N-dealkylation sites (N-methyl/N-ethyl adjacent to an activating group) is 1. The van der Waals surface area contributed by atoms with Gasteiger partial charge < -0.3 is 9.80 Å². The third-order valence-electron chi connectivity index (χ3n) is 3.49. The van der Waals surface area contributed by atoms with E-state index in [4.69, 9.17) is 0 Å². The van der Waals surface area contributed by atoms with Crippen molar-refractivity contribution in [2.75, 3.05) is 44.4 Å². The molecule has 1 aliphatic heterocycles. The third-order valence-corrected chi connectivity index (χ3v) is 4.43. The van der Waals surface area contributed by atoms with Gasteiger partial charge in [0, 0.05) is 31.3 Å². The summed E-state index contributed by atoms with van der Waals surface area (Å²) in [6, 6.07) is 0.0282. The Balaban J connectivity index is 2.52. The molecule has 1 fully saturated rings. The maximum absolute atomic E-state index is 12.5. The lowest BCUT2D eigenvalue weighted by Crippen LogP contribution is -2.48. The summed E-state index contributed by atoms with van der Waals surface area (Å²) in [5.74, 6) is 2.63. The zero-order valence-electron chi connectivity index (χ0n) is 12.8. The lowest BCUT2D eigenvalue weighted by Gasteiger charge is -2.29. The van der Waals surface area contributed by atoms with Crippen molar-refractivity contribution in [3.05, 3.63) is 0 Å². The molecular formula is C14H29N3OS. The molecule has 5 heteroatoms. The van der Waals surface area contributed by atoms with Crippen LogP contribution in [0.5, 0.6) is 0 Å². The molecule has 4 nitrogen and oxygen atoms in total. The lowest BCUT2D eigenvalue weighted by atomic mass is 10.2. The van der Waals surface area contributed by atoms with Crippen LogP contribution in [0.4, 0.5) is 0 Å². The van der Waals surface area contributed by atoms with Crippen molar-refractivity contribution < 1.29 is 4.79 Å². The standard InChI is InChI=1S/C14H29N3OS/c1-5-16(6-2)7-8-17(9-12(3)4)14(18)13-10-19-11-15-13/h12-13,15H,5-11H2,1-4H3. The molecule has 0 spiro atoms. The number of rotatable bonds is 8. The smallest absolute Gasteiger partial charge is 0.240 e. The van der Waals surface area contributed by atoms with Crippen molar-refractivity contribution >= 4 is 17.7 Å². The second kappa shape index (κ2) is 8.82. The van der Waals surface area contributed by atoms with Crippen molar-refractivity contribution in [1.82, 2.24) is 15.1 Å². The summed E-state index contributed by atoms with van der Waals surface area (Å²) in [5, 5.41) is 3.28. The Kier molecular flexibility index (Phi) is 7.80. The van der Waals surface area contributed by atoms with Gasteiger partial charge in [-0.25, -0.2) is 0 Å². The molecule has 19 heavy (non-hydrogen) atoms. The summed E-state index contributed by atoms with van der Waals surface area (Å²) < 4.78 is 0. The molecule has 0 aliphatic carbocycles. The number of carbonyl (C=O) groups is 1. The van der Waals surface area contributed by atoms with E-state index in [1.165, 1.54) is 0 Å². The number of nitrogens with one attached hydrogen (secondary N) is 1. The molecule has 0 aromatic rings. The highest BCUT2D eigenvalue weighted by molar-refractivity contribution is 7.99. The Morgan fingerprint density at radius 1 is 1.32 bits per heavy atom. The molecule has 0 aromatic carbocycles. The second-order valence-corrected chi connectivity index (χ2v) is 6.51. The molecule has 0 aromatic heterocycles. The number of hydrogen-bond acceptors (Lipinski definition) is 4. The molecule has 1 atom stereocenters. The zero-order valence-corrected chi connectivity index (χ0v) is 13.6. The first-order chi connectivity index (χ1) is 9.08. The first-order valence-corrected chi connectivity index (χ1v) is 8.56. The normalized spacial score (nSPS) is 19.4. The minimum Gasteiger partial charge on any atom is -0.340 e. The number of nitrogens with zero attached hydrogens (tertiary/aromatic N) is 2. The van der Waals surface area contributed by atoms with Crippen LogP contribution < -0.4 is 5.32 Å². The van der Waals surface area contributed by atoms with Crippen LogP contribution in [0.2, 0.25) is 0 Å². The van der Waals surface area contributed by atoms with Gasteiger partial charge in [-0.05, 0) is 19.0 Å². The monoisotopic (exact) mass is 287 g/mol. The second-order valence-electron chi connectivity index (χ2n) is 5.48. The largest absolute Gasteiger partial charge is 0.340 e. The van der Waals surface area contributed by atoms with Crippen LogP contribution in [0.15, 0.2) is 0 Å². The number of thioether (sulfide) groups is 1. The molecule has 1 N–H and O–H groups in total. The fourth-order valence-corrected chi connectivity index (χ4v) is 3.24. The summed E-state index contributed by atoms with van der Waals surface area (Å²) in [7, 11) is 0. The highest BCUT2D eigenvalue weighted by Crippen LogP contribution is 2.13. The maximum atomic E-state index is 12.5. The Hall–Kier alpha value is -0.260. The van der Waals surface area contributed by atoms with Gasteiger partial charge in [-0.15, -0.1) is 11.8 Å². The summed E-state index contributed by atoms with van der Waals surface area (Å²) in [6.07, 6.45) is 0. The fraction of sp³-hybridized carbons (Fsp3) is 0.929. The summed E-state index contributed by atoms with van der Waals surface area (Å²) >= 11 is 1.81. The summed E-state index contributed by atoms with van der Waals surface area (Å²) in [5.41, 5.74) is 0. The highest BCUT2D eigenvalue weighted by Gasteiger charge is 2.27. The van der Waals surface area contributed by atoms with Gasteiger partial charge in [0.2, 0.25) is 5.91 Å². The molecule has 0 saturated carbocycles. The Bertz CT molecular complexity index is 263. The molecule has 0 bridgehead atoms. The first-order valence-electron chi connectivity index (χ1n) is 7.40. The van der Waals surface area contributed by atoms with Gasteiger partial charge in [-0.3, -0.25) is 10.1 Å². The number of carbonyl (C=O) groups excluding carboxylic acids is 1. The molecule has 1 unspecified atom stereocenters. The van der Waals surface area contributed by atoms with E-state index < -0.39 is 0 Å². The minimum atomic E-state index is 0.0282. The summed E-state index contributed by atoms with van der Waals surface area (Å²) in [4.78, 5) is 16.9. The lowest BCUT2D eigenvalue weighted by molar-refractivity contribution is -0.133. The van der Waals surface area contributed by atoms with Crippen molar-refractivity contribution in [1.29, 1.82) is 0 Å². The molecule has 1 aliphatic rings. The van der Waals surface area contributed by atoms with Gasteiger partial charge in [0.1, 0.15) is 0 Å². The molecule has 0 radical (unpaired) electrons. The van der Waals surface area contributed by atoms with E-state index >= 15 is 0 Å². The van der Waals surface area contributed by atoms with E-state index in [0.29, 0.717) is 5.92 Å². The van der Waals surface area contributed by atoms with Gasteiger partial charge in [0.05, 0.1) is 6.04 Å². The van der Waals surface area contributed by atoms with Crippen LogP contribution in [-0.4, -0.2) is 66.1 Å². The predicted molar refractivity (Wildman–Crippen MR) is 83.5 cm³/mol. The van der Waals surface area contributed by atoms with Crippen LogP contribution in [0.3, 0.4) is 0 Å². The van der Waals surface area contributed by atoms with E-state index in [1.807, 2.05) is 16.7 Å². The van der Waals surface area contributed by atoms with E-state index in [2.05, 4.69) is 37.9 Å². The van der Waals surface area contributed by atoms with Gasteiger partial charge in [0.25, 0.3) is 0 Å². The van der Waals surface area contributed by atoms with Crippen LogP contribution >= 0.6 is 11.8 Å². The number of hydrogen-bond donors (Lipinski definition) is 1. The molecule has 1 heterocycles. The molecule has 1 rings (SSSR count). The maximum Gasteiger partial charge on any atom is 0.240 e. The Morgan fingerprint density at radius 2 is 2.00 bits per heavy atom. The minimum absolute atomic E-state index is 0.0282. The van der Waals surface area contributed by atoms with Crippen molar-refractivity contribution in [2.24, 2.45) is 5.92 Å². The van der Waals surface area contributed by atoms with E-state index in [-0.39, 0.29) is 11.9 Å². The fourth-order valence-electron chi connectivity index (χ4n) is 2.31. The Morgan fingerprint density at radius 3 is 2.47 bits per heavy atom. The van der Waals surface area contributed by atoms with Gasteiger partial charge >= 0.3 is 0 Å². The average Bonchev–Trinajstić information content (AvgIpc) is 2.91. The van der Waals surface area contributed by atoms with E-state index in [1.54, 1.807) is 0 Å². The van der Waals surface area contributed by atoms with E-state index in [0.717, 1.165) is 44.4 Å². The van der Waals surface area contributed by atoms with Crippen molar-refractivity contribution in [2.45, 2.75) is 33.7 Å². The summed E-state index contributed by atoms with van der Waals surface area (Å²) in [6.45, 7) is 13.5. The van der Waals surface area contributed by atoms with Crippen LogP contribution in [0, 0.1) is 5.92 Å². The predicted octanol–water partition coefficient (Wildman–Crippen LogP) is 1.48. The topological polar surface area (TPSA) is 35.6 Å². The molecule has 1 saturated heterocycles. The third kappa shape index (κ3) is 5.71. The van der Waals surface area contributed by atoms with Gasteiger partial charge in [0.15, 0.2) is 0 Å². The average molecular weight is 287 g/mol. The SMILES string of the molecule is CCN(CC)CCN(CC(C)C)C(=O)C1CSCN1. The van der Waals surface area contributed by atoms with Crippen LogP contribution in [0.25, 0.3) is 0 Å². The van der Waals surface area contributed by atoms with E-state index in [9.17, 15) is 4.79 Å². The van der Waals surface area contributed by atoms with Crippen molar-refractivity contribution in [3.63, 3.8) is 0 Å². The zero-order chi connectivity index (χ0) is 14.3. The quantitative estimate of drug-likeness (QED) is 0.733. The molecule has 1 amide bonds. The van der Waals surface area contributed by atoms with Gasteiger partial charge in [-0.2, -0.15) is 0 Å². The van der Waals surface area contributed by atoms with Crippen LogP contribution in [-0.2, 0) is 4.79 Å². The molecule has 112 valence electrons. The number of amides is 1. The molecular weight excluding hydrogens is 258 g/mol. The highest BCUT2D eigenvalue weighted by atomic mass is 32.2.